The van der Waals surface area contributed by atoms with E-state index in [1.165, 1.54) is 42.4 Å². The van der Waals surface area contributed by atoms with Gasteiger partial charge in [0.2, 0.25) is 0 Å². The Kier molecular flexibility index (Phi) is 4.18. The van der Waals surface area contributed by atoms with Gasteiger partial charge in [-0.05, 0) is 19.9 Å². The molecule has 0 radical (unpaired) electrons. The summed E-state index contributed by atoms with van der Waals surface area (Å²) in [5.41, 5.74) is 4.77. The first kappa shape index (κ1) is 19.8. The fraction of sp³-hybridized carbons (Fsp3) is 0.143. The number of hydrogen-bond acceptors (Lipinski definition) is 5. The van der Waals surface area contributed by atoms with E-state index < -0.39 is 0 Å². The van der Waals surface area contributed by atoms with Gasteiger partial charge in [0.25, 0.3) is 0 Å². The molecule has 7 rings (SSSR count). The van der Waals surface area contributed by atoms with Gasteiger partial charge in [0.05, 0.1) is 25.4 Å². The first-order valence-electron chi connectivity index (χ1n) is 11.0. The normalized spacial score (nSPS) is 25.5. The van der Waals surface area contributed by atoms with Crippen molar-refractivity contribution in [2.75, 3.05) is 0 Å². The first-order valence-corrected chi connectivity index (χ1v) is 13.5. The Balaban J connectivity index is 1.59. The molecule has 0 saturated carbocycles. The number of nitrogens with zero attached hydrogens (tertiary/aromatic N) is 2. The number of aliphatic imine (C=N–C) groups is 2. The van der Waals surface area contributed by atoms with E-state index in [4.69, 9.17) is 9.98 Å². The van der Waals surface area contributed by atoms with E-state index >= 15 is 0 Å². The van der Waals surface area contributed by atoms with Crippen LogP contribution in [0.1, 0.15) is 25.0 Å². The van der Waals surface area contributed by atoms with Crippen molar-refractivity contribution in [1.29, 1.82) is 0 Å². The van der Waals surface area contributed by atoms with Gasteiger partial charge in [-0.2, -0.15) is 0 Å². The second-order valence-electron chi connectivity index (χ2n) is 8.84. The summed E-state index contributed by atoms with van der Waals surface area (Å²) in [7, 11) is 0. The molecule has 3 aliphatic rings. The monoisotopic (exact) mass is 480 g/mol. The average Bonchev–Trinajstić information content (AvgIpc) is 3.52. The van der Waals surface area contributed by atoms with Crippen molar-refractivity contribution in [3.8, 4) is 0 Å². The highest BCUT2D eigenvalue weighted by Gasteiger charge is 2.60. The van der Waals surface area contributed by atoms with Gasteiger partial charge in [-0.1, -0.05) is 102 Å². The van der Waals surface area contributed by atoms with Crippen molar-refractivity contribution in [2.45, 2.75) is 23.3 Å². The highest BCUT2D eigenvalue weighted by molar-refractivity contribution is 8.20. The van der Waals surface area contributed by atoms with Crippen molar-refractivity contribution in [2.24, 2.45) is 9.98 Å². The van der Waals surface area contributed by atoms with Gasteiger partial charge in [-0.25, -0.2) is 9.98 Å². The molecule has 1 aliphatic carbocycles. The summed E-state index contributed by atoms with van der Waals surface area (Å²) in [5.74, 6) is 0. The van der Waals surface area contributed by atoms with Crippen LogP contribution in [0.25, 0.3) is 21.5 Å². The standard InChI is InChI=1S/C28H20N2S3/c1-27-23(29-25(32-27)17-11-5-3-6-12-17)21-19-15-9-10-16-20(19)31-22(21)24-28(27,2)33-26(30-24)18-13-7-4-8-14-18/h3-16H,1-2H3. The summed E-state index contributed by atoms with van der Waals surface area (Å²) < 4.78 is 2.14. The summed E-state index contributed by atoms with van der Waals surface area (Å²) in [5, 5.41) is 4.78. The number of thiophene rings is 1. The zero-order chi connectivity index (χ0) is 22.2. The fourth-order valence-corrected chi connectivity index (χ4v) is 9.25. The lowest BCUT2D eigenvalue weighted by Gasteiger charge is -2.42. The minimum atomic E-state index is -0.227. The molecule has 0 spiro atoms. The smallest absolute Gasteiger partial charge is 0.105 e. The van der Waals surface area contributed by atoms with E-state index in [1.807, 2.05) is 34.9 Å². The summed E-state index contributed by atoms with van der Waals surface area (Å²) in [4.78, 5) is 10.7. The number of hydrogen-bond donors (Lipinski definition) is 0. The molecule has 1 aromatic heterocycles. The maximum Gasteiger partial charge on any atom is 0.105 e. The number of rotatable bonds is 2. The Morgan fingerprint density at radius 1 is 0.606 bits per heavy atom. The molecule has 2 unspecified atom stereocenters. The predicted octanol–water partition coefficient (Wildman–Crippen LogP) is 6.04. The molecule has 0 saturated heterocycles. The van der Waals surface area contributed by atoms with E-state index in [2.05, 4.69) is 98.8 Å². The van der Waals surface area contributed by atoms with E-state index in [1.54, 1.807) is 0 Å². The highest BCUT2D eigenvalue weighted by atomic mass is 32.2. The molecule has 3 aromatic carbocycles. The molecule has 160 valence electrons. The van der Waals surface area contributed by atoms with E-state index in [0.29, 0.717) is 0 Å². The molecule has 2 atom stereocenters. The van der Waals surface area contributed by atoms with E-state index in [-0.39, 0.29) is 9.49 Å². The fourth-order valence-electron chi connectivity index (χ4n) is 5.01. The molecule has 33 heavy (non-hydrogen) atoms. The second kappa shape index (κ2) is 6.95. The van der Waals surface area contributed by atoms with Gasteiger partial charge >= 0.3 is 0 Å². The third-order valence-corrected chi connectivity index (χ3v) is 11.3. The van der Waals surface area contributed by atoms with Crippen LogP contribution in [-0.4, -0.2) is 19.6 Å². The predicted molar refractivity (Wildman–Crippen MR) is 146 cm³/mol. The number of fused-ring (bicyclic) bond motifs is 6. The lowest BCUT2D eigenvalue weighted by atomic mass is 9.83. The minimum Gasteiger partial charge on any atom is -0.244 e. The zero-order valence-corrected chi connectivity index (χ0v) is 20.7. The topological polar surface area (TPSA) is 24.7 Å². The van der Waals surface area contributed by atoms with Crippen LogP contribution in [0.5, 0.6) is 0 Å². The van der Waals surface area contributed by atoms with Gasteiger partial charge in [-0.3, -0.25) is 0 Å². The molecule has 0 fully saturated rings. The van der Waals surface area contributed by atoms with Crippen molar-refractivity contribution < 1.29 is 0 Å². The van der Waals surface area contributed by atoms with Crippen molar-refractivity contribution in [3.05, 3.63) is 106 Å². The molecular weight excluding hydrogens is 461 g/mol. The Hall–Kier alpha value is -2.60. The Bertz CT molecular complexity index is 1630. The molecule has 0 amide bonds. The minimum absolute atomic E-state index is 0.216. The van der Waals surface area contributed by atoms with Gasteiger partial charge in [0.1, 0.15) is 10.1 Å². The number of thioether (sulfide) groups is 2. The van der Waals surface area contributed by atoms with Crippen LogP contribution >= 0.6 is 34.9 Å². The summed E-state index contributed by atoms with van der Waals surface area (Å²) in [6, 6.07) is 29.9. The van der Waals surface area contributed by atoms with Gasteiger partial charge in [0.15, 0.2) is 0 Å². The van der Waals surface area contributed by atoms with Crippen LogP contribution in [0.2, 0.25) is 0 Å². The molecule has 3 heterocycles. The SMILES string of the molecule is CC12SC(c3ccccc3)=NC1=c1sc3ccccc3c1=C1N=C(c3ccccc3)SC12C. The van der Waals surface area contributed by atoms with Crippen LogP contribution in [0.3, 0.4) is 0 Å². The summed E-state index contributed by atoms with van der Waals surface area (Å²) in [6.45, 7) is 4.74. The van der Waals surface area contributed by atoms with Crippen LogP contribution in [0.4, 0.5) is 0 Å². The Morgan fingerprint density at radius 2 is 1.12 bits per heavy atom. The molecule has 5 heteroatoms. The van der Waals surface area contributed by atoms with Crippen molar-refractivity contribution in [3.63, 3.8) is 0 Å². The van der Waals surface area contributed by atoms with Gasteiger partial charge in [-0.15, -0.1) is 11.3 Å². The highest BCUT2D eigenvalue weighted by Crippen LogP contribution is 2.62. The van der Waals surface area contributed by atoms with Crippen LogP contribution < -0.4 is 9.75 Å². The molecule has 0 N–H and O–H groups in total. The zero-order valence-electron chi connectivity index (χ0n) is 18.2. The van der Waals surface area contributed by atoms with Gasteiger partial charge in [0, 0.05) is 26.4 Å². The average molecular weight is 481 g/mol. The Labute approximate surface area is 204 Å². The molecule has 2 aliphatic heterocycles. The van der Waals surface area contributed by atoms with Crippen molar-refractivity contribution in [1.82, 2.24) is 0 Å². The third kappa shape index (κ3) is 2.64. The Morgan fingerprint density at radius 3 is 1.76 bits per heavy atom. The van der Waals surface area contributed by atoms with Crippen molar-refractivity contribution >= 4 is 66.4 Å². The maximum atomic E-state index is 5.34. The van der Waals surface area contributed by atoms with Crippen LogP contribution in [0.15, 0.2) is 94.9 Å². The molecule has 0 bridgehead atoms. The quantitative estimate of drug-likeness (QED) is 0.350. The van der Waals surface area contributed by atoms with Crippen LogP contribution in [-0.2, 0) is 0 Å². The third-order valence-electron chi connectivity index (χ3n) is 6.93. The van der Waals surface area contributed by atoms with Crippen LogP contribution in [0, 0.1) is 0 Å². The first-order chi connectivity index (χ1) is 16.1. The van der Waals surface area contributed by atoms with Gasteiger partial charge < -0.3 is 0 Å². The lowest BCUT2D eigenvalue weighted by Crippen LogP contribution is -2.52. The second-order valence-corrected chi connectivity index (χ2v) is 12.7. The van der Waals surface area contributed by atoms with E-state index in [0.717, 1.165) is 10.1 Å². The molecule has 2 nitrogen and oxygen atoms in total. The maximum absolute atomic E-state index is 5.34. The largest absolute Gasteiger partial charge is 0.244 e. The summed E-state index contributed by atoms with van der Waals surface area (Å²) >= 11 is 5.66. The molecular formula is C28H20N2S3. The number of benzene rings is 3. The summed E-state index contributed by atoms with van der Waals surface area (Å²) in [6.07, 6.45) is 0. The molecule has 4 aromatic rings. The van der Waals surface area contributed by atoms with E-state index in [9.17, 15) is 0 Å². The lowest BCUT2D eigenvalue weighted by molar-refractivity contribution is 0.674.